The number of fused-ring (bicyclic) bond motifs is 2. The number of nitrogens with one attached hydrogen (secondary N) is 3. The van der Waals surface area contributed by atoms with E-state index in [0.29, 0.717) is 24.0 Å². The standard InChI is InChI=1S/C22H22N6O3/c1-29-16-5-2-14(3-6-16)8-9-23-20-19-21(26-12-25-19)28-22(27-20)24-11-15-4-7-17-18(10-15)31-13-30-17/h2-7,10,12H,8-9,11,13H2,1H3,(H3,23,24,25,26,27,28). The molecule has 0 saturated heterocycles. The number of H-pyrrole nitrogens is 1. The Kier molecular flexibility index (Phi) is 5.14. The fourth-order valence-electron chi connectivity index (χ4n) is 3.39. The van der Waals surface area contributed by atoms with Crippen LogP contribution in [0.4, 0.5) is 11.8 Å². The van der Waals surface area contributed by atoms with Gasteiger partial charge < -0.3 is 29.8 Å². The van der Waals surface area contributed by atoms with E-state index in [1.54, 1.807) is 13.4 Å². The van der Waals surface area contributed by atoms with Gasteiger partial charge in [-0.3, -0.25) is 0 Å². The monoisotopic (exact) mass is 418 g/mol. The summed E-state index contributed by atoms with van der Waals surface area (Å²) in [5.41, 5.74) is 3.65. The summed E-state index contributed by atoms with van der Waals surface area (Å²) in [5.74, 6) is 3.59. The third-order valence-corrected chi connectivity index (χ3v) is 5.04. The molecular formula is C22H22N6O3. The Bertz CT molecular complexity index is 1190. The van der Waals surface area contributed by atoms with Crippen molar-refractivity contribution in [2.24, 2.45) is 0 Å². The van der Waals surface area contributed by atoms with Gasteiger partial charge in [0, 0.05) is 13.1 Å². The van der Waals surface area contributed by atoms with Crippen LogP contribution in [0, 0.1) is 0 Å². The average Bonchev–Trinajstić information content (AvgIpc) is 3.47. The third kappa shape index (κ3) is 4.16. The minimum absolute atomic E-state index is 0.261. The van der Waals surface area contributed by atoms with Crippen molar-refractivity contribution >= 4 is 22.9 Å². The number of benzene rings is 2. The predicted molar refractivity (Wildman–Crippen MR) is 117 cm³/mol. The van der Waals surface area contributed by atoms with E-state index in [2.05, 4.69) is 42.7 Å². The average molecular weight is 418 g/mol. The van der Waals surface area contributed by atoms with E-state index in [1.807, 2.05) is 30.3 Å². The molecule has 3 heterocycles. The van der Waals surface area contributed by atoms with Crippen LogP contribution in [0.25, 0.3) is 11.2 Å². The van der Waals surface area contributed by atoms with Crippen LogP contribution in [0.5, 0.6) is 17.2 Å². The molecule has 5 rings (SSSR count). The molecule has 1 aliphatic rings. The summed E-state index contributed by atoms with van der Waals surface area (Å²) in [4.78, 5) is 16.5. The molecule has 2 aromatic carbocycles. The van der Waals surface area contributed by atoms with E-state index in [4.69, 9.17) is 14.2 Å². The van der Waals surface area contributed by atoms with Crippen molar-refractivity contribution in [2.45, 2.75) is 13.0 Å². The van der Waals surface area contributed by atoms with Crippen molar-refractivity contribution in [1.29, 1.82) is 0 Å². The van der Waals surface area contributed by atoms with Gasteiger partial charge in [0.1, 0.15) is 11.3 Å². The van der Waals surface area contributed by atoms with Crippen molar-refractivity contribution in [3.05, 3.63) is 59.9 Å². The van der Waals surface area contributed by atoms with Crippen molar-refractivity contribution in [2.75, 3.05) is 31.1 Å². The first-order valence-electron chi connectivity index (χ1n) is 9.99. The molecule has 0 amide bonds. The van der Waals surface area contributed by atoms with Crippen molar-refractivity contribution in [3.63, 3.8) is 0 Å². The molecule has 31 heavy (non-hydrogen) atoms. The molecule has 4 aromatic rings. The van der Waals surface area contributed by atoms with Crippen LogP contribution in [0.3, 0.4) is 0 Å². The van der Waals surface area contributed by atoms with Crippen LogP contribution >= 0.6 is 0 Å². The first kappa shape index (κ1) is 19.0. The lowest BCUT2D eigenvalue weighted by molar-refractivity contribution is 0.174. The Balaban J connectivity index is 1.26. The summed E-state index contributed by atoms with van der Waals surface area (Å²) in [6, 6.07) is 13.9. The van der Waals surface area contributed by atoms with E-state index in [1.165, 1.54) is 5.56 Å². The number of anilines is 2. The van der Waals surface area contributed by atoms with E-state index in [9.17, 15) is 0 Å². The van der Waals surface area contributed by atoms with Gasteiger partial charge in [-0.15, -0.1) is 0 Å². The summed E-state index contributed by atoms with van der Waals surface area (Å²) in [6.45, 7) is 1.54. The maximum atomic E-state index is 5.44. The minimum Gasteiger partial charge on any atom is -0.497 e. The summed E-state index contributed by atoms with van der Waals surface area (Å²) in [7, 11) is 1.67. The number of methoxy groups -OCH3 is 1. The fraction of sp³-hybridized carbons (Fsp3) is 0.227. The number of nitrogens with zero attached hydrogens (tertiary/aromatic N) is 3. The number of aromatic nitrogens is 4. The Morgan fingerprint density at radius 2 is 1.84 bits per heavy atom. The number of ether oxygens (including phenoxy) is 3. The van der Waals surface area contributed by atoms with Gasteiger partial charge in [0.25, 0.3) is 0 Å². The Hall–Kier alpha value is -4.01. The van der Waals surface area contributed by atoms with Gasteiger partial charge in [-0.2, -0.15) is 9.97 Å². The molecule has 0 aliphatic carbocycles. The summed E-state index contributed by atoms with van der Waals surface area (Å²) < 4.78 is 16.0. The summed E-state index contributed by atoms with van der Waals surface area (Å²) >= 11 is 0. The van der Waals surface area contributed by atoms with Crippen LogP contribution in [0.1, 0.15) is 11.1 Å². The zero-order valence-electron chi connectivity index (χ0n) is 17.0. The van der Waals surface area contributed by atoms with Crippen LogP contribution in [0.15, 0.2) is 48.8 Å². The number of imidazole rings is 1. The summed E-state index contributed by atoms with van der Waals surface area (Å²) in [6.07, 6.45) is 2.47. The summed E-state index contributed by atoms with van der Waals surface area (Å²) in [5, 5.41) is 6.66. The van der Waals surface area contributed by atoms with E-state index >= 15 is 0 Å². The molecule has 0 radical (unpaired) electrons. The normalized spacial score (nSPS) is 12.2. The van der Waals surface area contributed by atoms with Gasteiger partial charge in [0.2, 0.25) is 12.7 Å². The van der Waals surface area contributed by atoms with Gasteiger partial charge in [-0.1, -0.05) is 18.2 Å². The molecule has 9 heteroatoms. The molecule has 0 saturated carbocycles. The molecule has 0 spiro atoms. The van der Waals surface area contributed by atoms with Crippen LogP contribution in [-0.2, 0) is 13.0 Å². The molecule has 9 nitrogen and oxygen atoms in total. The lowest BCUT2D eigenvalue weighted by Gasteiger charge is -2.10. The first-order valence-corrected chi connectivity index (χ1v) is 9.99. The lowest BCUT2D eigenvalue weighted by atomic mass is 10.1. The molecule has 3 N–H and O–H groups in total. The maximum absolute atomic E-state index is 5.44. The van der Waals surface area contributed by atoms with Gasteiger partial charge in [-0.05, 0) is 41.8 Å². The van der Waals surface area contributed by atoms with E-state index < -0.39 is 0 Å². The zero-order valence-corrected chi connectivity index (χ0v) is 17.0. The first-order chi connectivity index (χ1) is 15.3. The zero-order chi connectivity index (χ0) is 21.0. The molecule has 2 aromatic heterocycles. The van der Waals surface area contributed by atoms with Crippen molar-refractivity contribution in [3.8, 4) is 17.2 Å². The quantitative estimate of drug-likeness (QED) is 0.400. The maximum Gasteiger partial charge on any atom is 0.231 e. The lowest BCUT2D eigenvalue weighted by Crippen LogP contribution is -2.10. The molecular weight excluding hydrogens is 396 g/mol. The number of hydrogen-bond donors (Lipinski definition) is 3. The molecule has 0 bridgehead atoms. The SMILES string of the molecule is COc1ccc(CCNc2nc(NCc3ccc4c(c3)OCO4)nc3nc[nH]c23)cc1. The predicted octanol–water partition coefficient (Wildman–Crippen LogP) is 3.36. The topological polar surface area (TPSA) is 106 Å². The second kappa shape index (κ2) is 8.39. The molecule has 0 unspecified atom stereocenters. The number of hydrogen-bond acceptors (Lipinski definition) is 8. The van der Waals surface area contributed by atoms with Gasteiger partial charge in [0.05, 0.1) is 13.4 Å². The Morgan fingerprint density at radius 3 is 2.71 bits per heavy atom. The highest BCUT2D eigenvalue weighted by molar-refractivity contribution is 5.83. The largest absolute Gasteiger partial charge is 0.497 e. The van der Waals surface area contributed by atoms with Gasteiger partial charge in [-0.25, -0.2) is 4.98 Å². The highest BCUT2D eigenvalue weighted by atomic mass is 16.7. The van der Waals surface area contributed by atoms with Crippen LogP contribution in [0.2, 0.25) is 0 Å². The highest BCUT2D eigenvalue weighted by Crippen LogP contribution is 2.32. The fourth-order valence-corrected chi connectivity index (χ4v) is 3.39. The smallest absolute Gasteiger partial charge is 0.231 e. The Morgan fingerprint density at radius 1 is 1.00 bits per heavy atom. The molecule has 1 aliphatic heterocycles. The van der Waals surface area contributed by atoms with Gasteiger partial charge in [0.15, 0.2) is 23.0 Å². The Labute approximate surface area is 178 Å². The van der Waals surface area contributed by atoms with E-state index in [-0.39, 0.29) is 6.79 Å². The molecule has 158 valence electrons. The molecule has 0 fully saturated rings. The second-order valence-electron chi connectivity index (χ2n) is 7.06. The van der Waals surface area contributed by atoms with Gasteiger partial charge >= 0.3 is 0 Å². The number of aromatic amines is 1. The number of rotatable bonds is 8. The van der Waals surface area contributed by atoms with Crippen molar-refractivity contribution in [1.82, 2.24) is 19.9 Å². The van der Waals surface area contributed by atoms with Crippen LogP contribution < -0.4 is 24.8 Å². The minimum atomic E-state index is 0.261. The van der Waals surface area contributed by atoms with Crippen molar-refractivity contribution < 1.29 is 14.2 Å². The molecule has 0 atom stereocenters. The van der Waals surface area contributed by atoms with E-state index in [0.717, 1.165) is 41.3 Å². The highest BCUT2D eigenvalue weighted by Gasteiger charge is 2.14. The third-order valence-electron chi connectivity index (χ3n) is 5.04. The van der Waals surface area contributed by atoms with Crippen LogP contribution in [-0.4, -0.2) is 40.4 Å². The second-order valence-corrected chi connectivity index (χ2v) is 7.06.